The Balaban J connectivity index is 2.22. The maximum Gasteiger partial charge on any atom is 0.405 e. The maximum atomic E-state index is 12.6. The molecule has 0 radical (unpaired) electrons. The van der Waals surface area contributed by atoms with Gasteiger partial charge in [0.2, 0.25) is 10.0 Å². The first kappa shape index (κ1) is 18.7. The number of sulfonamides is 1. The number of aliphatic hydroxyl groups excluding tert-OH is 1. The molecular formula is C14H17F3N2O4S. The SMILES string of the molecule is O=C(NCC(F)(F)F)c1cccc(S(=O)(=O)N2CCC[C@@H]2CO)c1. The average Bonchev–Trinajstić information content (AvgIpc) is 3.01. The molecule has 1 aromatic carbocycles. The largest absolute Gasteiger partial charge is 0.405 e. The van der Waals surface area contributed by atoms with Crippen LogP contribution in [0.5, 0.6) is 0 Å². The Morgan fingerprint density at radius 2 is 2.08 bits per heavy atom. The minimum Gasteiger partial charge on any atom is -0.395 e. The summed E-state index contributed by atoms with van der Waals surface area (Å²) in [6.07, 6.45) is -3.42. The number of alkyl halides is 3. The van der Waals surface area contributed by atoms with Crippen LogP contribution in [-0.4, -0.2) is 55.7 Å². The molecule has 1 fully saturated rings. The number of carbonyl (C=O) groups is 1. The van der Waals surface area contributed by atoms with Gasteiger partial charge < -0.3 is 10.4 Å². The molecule has 1 aliphatic rings. The standard InChI is InChI=1S/C14H17F3N2O4S/c15-14(16,17)9-18-13(21)10-3-1-5-12(7-10)24(22,23)19-6-2-4-11(19)8-20/h1,3,5,7,11,20H,2,4,6,8-9H2,(H,18,21)/t11-/m1/s1. The van der Waals surface area contributed by atoms with Crippen molar-refractivity contribution < 1.29 is 31.5 Å². The van der Waals surface area contributed by atoms with E-state index in [0.29, 0.717) is 12.8 Å². The first-order chi connectivity index (χ1) is 11.1. The second kappa shape index (κ2) is 7.08. The van der Waals surface area contributed by atoms with E-state index in [1.807, 2.05) is 0 Å². The zero-order valence-corrected chi connectivity index (χ0v) is 13.4. The van der Waals surface area contributed by atoms with Gasteiger partial charge >= 0.3 is 6.18 Å². The molecule has 0 aliphatic carbocycles. The molecule has 0 bridgehead atoms. The van der Waals surface area contributed by atoms with Crippen molar-refractivity contribution >= 4 is 15.9 Å². The first-order valence-electron chi connectivity index (χ1n) is 7.23. The zero-order chi connectivity index (χ0) is 18.0. The van der Waals surface area contributed by atoms with Gasteiger partial charge in [-0.25, -0.2) is 8.42 Å². The van der Waals surface area contributed by atoms with Crippen molar-refractivity contribution in [2.45, 2.75) is 30.0 Å². The fourth-order valence-electron chi connectivity index (χ4n) is 2.52. The minimum atomic E-state index is -4.55. The number of hydrogen-bond donors (Lipinski definition) is 2. The number of hydrogen-bond acceptors (Lipinski definition) is 4. The number of amides is 1. The summed E-state index contributed by atoms with van der Waals surface area (Å²) in [7, 11) is -3.93. The Morgan fingerprint density at radius 3 is 2.71 bits per heavy atom. The quantitative estimate of drug-likeness (QED) is 0.818. The third kappa shape index (κ3) is 4.25. The van der Waals surface area contributed by atoms with Gasteiger partial charge in [0.25, 0.3) is 5.91 Å². The number of rotatable bonds is 5. The fourth-order valence-corrected chi connectivity index (χ4v) is 4.26. The molecule has 1 amide bonds. The van der Waals surface area contributed by atoms with Gasteiger partial charge in [-0.3, -0.25) is 4.79 Å². The molecule has 1 atom stereocenters. The molecule has 134 valence electrons. The predicted octanol–water partition coefficient (Wildman–Crippen LogP) is 1.12. The van der Waals surface area contributed by atoms with Gasteiger partial charge in [-0.1, -0.05) is 6.07 Å². The molecule has 1 aromatic rings. The fraction of sp³-hybridized carbons (Fsp3) is 0.500. The van der Waals surface area contributed by atoms with Gasteiger partial charge in [-0.2, -0.15) is 17.5 Å². The van der Waals surface area contributed by atoms with Crippen LogP contribution in [0.3, 0.4) is 0 Å². The van der Waals surface area contributed by atoms with E-state index >= 15 is 0 Å². The molecular weight excluding hydrogens is 349 g/mol. The molecule has 0 spiro atoms. The second-order valence-corrected chi connectivity index (χ2v) is 7.31. The molecule has 0 aromatic heterocycles. The van der Waals surface area contributed by atoms with E-state index < -0.39 is 34.7 Å². The van der Waals surface area contributed by atoms with E-state index in [9.17, 15) is 31.5 Å². The summed E-state index contributed by atoms with van der Waals surface area (Å²) in [4.78, 5) is 11.6. The van der Waals surface area contributed by atoms with Crippen molar-refractivity contribution in [3.8, 4) is 0 Å². The van der Waals surface area contributed by atoms with Gasteiger partial charge in [0.15, 0.2) is 0 Å². The van der Waals surface area contributed by atoms with Crippen LogP contribution < -0.4 is 5.32 Å². The smallest absolute Gasteiger partial charge is 0.395 e. The molecule has 2 N–H and O–H groups in total. The summed E-state index contributed by atoms with van der Waals surface area (Å²) in [5, 5.41) is 11.0. The highest BCUT2D eigenvalue weighted by Gasteiger charge is 2.35. The lowest BCUT2D eigenvalue weighted by Gasteiger charge is -2.22. The van der Waals surface area contributed by atoms with Crippen LogP contribution in [0.25, 0.3) is 0 Å². The molecule has 0 unspecified atom stereocenters. The van der Waals surface area contributed by atoms with Crippen LogP contribution in [-0.2, 0) is 10.0 Å². The van der Waals surface area contributed by atoms with Crippen LogP contribution in [0, 0.1) is 0 Å². The minimum absolute atomic E-state index is 0.180. The Kier molecular flexibility index (Phi) is 5.51. The summed E-state index contributed by atoms with van der Waals surface area (Å²) in [5.41, 5.74) is -0.180. The third-order valence-electron chi connectivity index (χ3n) is 3.69. The van der Waals surface area contributed by atoms with Gasteiger partial charge in [0.1, 0.15) is 6.54 Å². The molecule has 1 heterocycles. The van der Waals surface area contributed by atoms with Gasteiger partial charge in [-0.15, -0.1) is 0 Å². The molecule has 1 aliphatic heterocycles. The number of nitrogens with one attached hydrogen (secondary N) is 1. The van der Waals surface area contributed by atoms with E-state index in [1.165, 1.54) is 18.2 Å². The van der Waals surface area contributed by atoms with Gasteiger partial charge in [0, 0.05) is 18.2 Å². The Bertz CT molecular complexity index is 706. The maximum absolute atomic E-state index is 12.6. The lowest BCUT2D eigenvalue weighted by atomic mass is 10.2. The summed E-state index contributed by atoms with van der Waals surface area (Å²) < 4.78 is 62.8. The summed E-state index contributed by atoms with van der Waals surface area (Å²) in [6, 6.07) is 4.30. The number of nitrogens with zero attached hydrogens (tertiary/aromatic N) is 1. The second-order valence-electron chi connectivity index (χ2n) is 5.42. The Hall–Kier alpha value is -1.65. The highest BCUT2D eigenvalue weighted by atomic mass is 32.2. The molecule has 0 saturated carbocycles. The number of aliphatic hydroxyl groups is 1. The first-order valence-corrected chi connectivity index (χ1v) is 8.67. The summed E-state index contributed by atoms with van der Waals surface area (Å²) in [6.45, 7) is -1.56. The van der Waals surface area contributed by atoms with Crippen molar-refractivity contribution in [1.29, 1.82) is 0 Å². The highest BCUT2D eigenvalue weighted by Crippen LogP contribution is 2.26. The summed E-state index contributed by atoms with van der Waals surface area (Å²) in [5.74, 6) is -1.01. The van der Waals surface area contributed by atoms with Gasteiger partial charge in [-0.05, 0) is 31.0 Å². The van der Waals surface area contributed by atoms with Gasteiger partial charge in [0.05, 0.1) is 11.5 Å². The predicted molar refractivity (Wildman–Crippen MR) is 78.8 cm³/mol. The van der Waals surface area contributed by atoms with E-state index in [0.717, 1.165) is 10.4 Å². The summed E-state index contributed by atoms with van der Waals surface area (Å²) >= 11 is 0. The molecule has 6 nitrogen and oxygen atoms in total. The van der Waals surface area contributed by atoms with Crippen molar-refractivity contribution in [3.05, 3.63) is 29.8 Å². The monoisotopic (exact) mass is 366 g/mol. The van der Waals surface area contributed by atoms with Crippen molar-refractivity contribution in [2.75, 3.05) is 19.7 Å². The van der Waals surface area contributed by atoms with Crippen molar-refractivity contribution in [2.24, 2.45) is 0 Å². The number of halogens is 3. The zero-order valence-electron chi connectivity index (χ0n) is 12.6. The Morgan fingerprint density at radius 1 is 1.38 bits per heavy atom. The van der Waals surface area contributed by atoms with Crippen LogP contribution in [0.4, 0.5) is 13.2 Å². The van der Waals surface area contributed by atoms with Crippen LogP contribution in [0.15, 0.2) is 29.2 Å². The van der Waals surface area contributed by atoms with Crippen LogP contribution in [0.2, 0.25) is 0 Å². The van der Waals surface area contributed by atoms with E-state index in [2.05, 4.69) is 0 Å². The number of benzene rings is 1. The topological polar surface area (TPSA) is 86.7 Å². The Labute approximate surface area is 137 Å². The normalized spacial score (nSPS) is 19.4. The van der Waals surface area contributed by atoms with Crippen LogP contribution in [0.1, 0.15) is 23.2 Å². The molecule has 10 heteroatoms. The van der Waals surface area contributed by atoms with Crippen molar-refractivity contribution in [1.82, 2.24) is 9.62 Å². The van der Waals surface area contributed by atoms with Crippen LogP contribution >= 0.6 is 0 Å². The lowest BCUT2D eigenvalue weighted by molar-refractivity contribution is -0.123. The average molecular weight is 366 g/mol. The van der Waals surface area contributed by atoms with Crippen molar-refractivity contribution in [3.63, 3.8) is 0 Å². The molecule has 2 rings (SSSR count). The van der Waals surface area contributed by atoms with E-state index in [1.54, 1.807) is 5.32 Å². The molecule has 24 heavy (non-hydrogen) atoms. The lowest BCUT2D eigenvalue weighted by Crippen LogP contribution is -2.37. The molecule has 1 saturated heterocycles. The highest BCUT2D eigenvalue weighted by molar-refractivity contribution is 7.89. The van der Waals surface area contributed by atoms with E-state index in [-0.39, 0.29) is 23.6 Å². The number of carbonyl (C=O) groups excluding carboxylic acids is 1. The van der Waals surface area contributed by atoms with E-state index in [4.69, 9.17) is 0 Å². The third-order valence-corrected chi connectivity index (χ3v) is 5.63.